The van der Waals surface area contributed by atoms with E-state index < -0.39 is 11.9 Å². The van der Waals surface area contributed by atoms with Crippen LogP contribution in [0, 0.1) is 22.6 Å². The maximum Gasteiger partial charge on any atom is 0.257 e. The normalized spacial score (nSPS) is 17.3. The summed E-state index contributed by atoms with van der Waals surface area (Å²) in [5.41, 5.74) is 4.10. The van der Waals surface area contributed by atoms with Gasteiger partial charge in [-0.3, -0.25) is 9.69 Å². The quantitative estimate of drug-likeness (QED) is 0.662. The highest BCUT2D eigenvalue weighted by atomic mass is 19.1. The van der Waals surface area contributed by atoms with Crippen molar-refractivity contribution in [3.8, 4) is 22.9 Å². The first-order chi connectivity index (χ1) is 15.9. The Hall–Kier alpha value is -4.31. The first-order valence-electron chi connectivity index (χ1n) is 10.4. The number of likely N-dealkylation sites (N-methyl/N-ethyl adjacent to an activating group) is 1. The molecule has 0 spiro atoms. The minimum Gasteiger partial charge on any atom is -0.487 e. The number of carbonyl (C=O) groups is 1. The van der Waals surface area contributed by atoms with E-state index in [1.807, 2.05) is 24.3 Å². The van der Waals surface area contributed by atoms with Crippen LogP contribution >= 0.6 is 0 Å². The molecule has 0 radical (unpaired) electrons. The van der Waals surface area contributed by atoms with Crippen molar-refractivity contribution in [2.75, 3.05) is 13.7 Å². The smallest absolute Gasteiger partial charge is 0.257 e. The second-order valence-corrected chi connectivity index (χ2v) is 8.08. The fourth-order valence-electron chi connectivity index (χ4n) is 4.15. The highest BCUT2D eigenvalue weighted by Crippen LogP contribution is 2.33. The molecule has 0 aromatic heterocycles. The number of nitrogens with zero attached hydrogens (tertiary/aromatic N) is 3. The SMILES string of the molecule is CN1C(=O)C(c2cccc(-c3cc(C#N)ccc3F)c2)N=C1c1ccc2c(c1)OCC(=N)C2. The number of benzene rings is 3. The molecule has 162 valence electrons. The zero-order chi connectivity index (χ0) is 23.1. The minimum absolute atomic E-state index is 0.186. The fourth-order valence-corrected chi connectivity index (χ4v) is 4.15. The molecule has 1 amide bonds. The van der Waals surface area contributed by atoms with Crippen molar-refractivity contribution < 1.29 is 13.9 Å². The fraction of sp³-hybridized carbons (Fsp3) is 0.154. The molecule has 1 atom stereocenters. The van der Waals surface area contributed by atoms with Crippen molar-refractivity contribution in [1.82, 2.24) is 4.90 Å². The van der Waals surface area contributed by atoms with Crippen molar-refractivity contribution in [3.05, 3.63) is 88.7 Å². The summed E-state index contributed by atoms with van der Waals surface area (Å²) in [5, 5.41) is 17.0. The highest BCUT2D eigenvalue weighted by molar-refractivity contribution is 6.13. The van der Waals surface area contributed by atoms with Gasteiger partial charge in [0.15, 0.2) is 6.04 Å². The van der Waals surface area contributed by atoms with Gasteiger partial charge in [-0.2, -0.15) is 5.26 Å². The molecule has 0 aliphatic carbocycles. The number of hydrogen-bond acceptors (Lipinski definition) is 5. The Balaban J connectivity index is 1.51. The number of amides is 1. The van der Waals surface area contributed by atoms with E-state index >= 15 is 0 Å². The second kappa shape index (κ2) is 7.99. The largest absolute Gasteiger partial charge is 0.487 e. The van der Waals surface area contributed by atoms with Crippen molar-refractivity contribution in [2.24, 2.45) is 4.99 Å². The van der Waals surface area contributed by atoms with Crippen LogP contribution < -0.4 is 4.74 Å². The number of hydrogen-bond donors (Lipinski definition) is 1. The summed E-state index contributed by atoms with van der Waals surface area (Å²) >= 11 is 0. The van der Waals surface area contributed by atoms with E-state index in [4.69, 9.17) is 20.4 Å². The minimum atomic E-state index is -0.753. The molecule has 0 saturated carbocycles. The van der Waals surface area contributed by atoms with Crippen LogP contribution in [0.25, 0.3) is 11.1 Å². The maximum absolute atomic E-state index is 14.4. The third-order valence-electron chi connectivity index (χ3n) is 5.87. The lowest BCUT2D eigenvalue weighted by molar-refractivity contribution is -0.126. The lowest BCUT2D eigenvalue weighted by Gasteiger charge is -2.20. The van der Waals surface area contributed by atoms with Gasteiger partial charge < -0.3 is 10.1 Å². The van der Waals surface area contributed by atoms with Gasteiger partial charge in [0.1, 0.15) is 24.0 Å². The third-order valence-corrected chi connectivity index (χ3v) is 5.87. The van der Waals surface area contributed by atoms with Crippen LogP contribution in [0.1, 0.15) is 28.3 Å². The van der Waals surface area contributed by atoms with Crippen LogP contribution in [0.2, 0.25) is 0 Å². The second-order valence-electron chi connectivity index (χ2n) is 8.08. The Bertz CT molecular complexity index is 1390. The number of rotatable bonds is 3. The van der Waals surface area contributed by atoms with Crippen LogP contribution in [0.4, 0.5) is 4.39 Å². The van der Waals surface area contributed by atoms with E-state index in [1.165, 1.54) is 23.1 Å². The summed E-state index contributed by atoms with van der Waals surface area (Å²) in [4.78, 5) is 19.3. The van der Waals surface area contributed by atoms with Gasteiger partial charge in [0, 0.05) is 24.6 Å². The molecular formula is C26H19FN4O2. The summed E-state index contributed by atoms with van der Waals surface area (Å²) in [7, 11) is 1.68. The number of fused-ring (bicyclic) bond motifs is 1. The molecule has 2 aliphatic heterocycles. The lowest BCUT2D eigenvalue weighted by Crippen LogP contribution is -2.30. The van der Waals surface area contributed by atoms with Gasteiger partial charge in [-0.1, -0.05) is 30.3 Å². The van der Waals surface area contributed by atoms with E-state index in [2.05, 4.69) is 0 Å². The predicted octanol–water partition coefficient (Wildman–Crippen LogP) is 4.28. The van der Waals surface area contributed by atoms with Gasteiger partial charge in [-0.05, 0) is 47.0 Å². The summed E-state index contributed by atoms with van der Waals surface area (Å²) in [6.45, 7) is 0.261. The van der Waals surface area contributed by atoms with Crippen LogP contribution in [0.15, 0.2) is 65.7 Å². The van der Waals surface area contributed by atoms with Crippen LogP contribution in [0.3, 0.4) is 0 Å². The molecule has 3 aromatic carbocycles. The zero-order valence-corrected chi connectivity index (χ0v) is 17.8. The van der Waals surface area contributed by atoms with Crippen LogP contribution in [-0.2, 0) is 11.2 Å². The van der Waals surface area contributed by atoms with E-state index in [0.717, 1.165) is 11.1 Å². The van der Waals surface area contributed by atoms with Gasteiger partial charge in [0.25, 0.3) is 5.91 Å². The van der Waals surface area contributed by atoms with Crippen molar-refractivity contribution in [1.29, 1.82) is 10.7 Å². The molecule has 0 saturated heterocycles. The molecule has 0 fully saturated rings. The molecule has 5 rings (SSSR count). The Morgan fingerprint density at radius 2 is 2.00 bits per heavy atom. The summed E-state index contributed by atoms with van der Waals surface area (Å²) in [5.74, 6) is 0.603. The topological polar surface area (TPSA) is 89.5 Å². The number of nitrogens with one attached hydrogen (secondary N) is 1. The predicted molar refractivity (Wildman–Crippen MR) is 122 cm³/mol. The number of carbonyl (C=O) groups excluding carboxylic acids is 1. The van der Waals surface area contributed by atoms with Gasteiger partial charge in [0.05, 0.1) is 17.3 Å². The number of ether oxygens (including phenoxy) is 1. The average Bonchev–Trinajstić information content (AvgIpc) is 3.13. The lowest BCUT2D eigenvalue weighted by atomic mass is 9.98. The van der Waals surface area contributed by atoms with Crippen LogP contribution in [-0.4, -0.2) is 36.0 Å². The molecule has 1 N–H and O–H groups in total. The molecule has 1 unspecified atom stereocenters. The molecule has 6 nitrogen and oxygen atoms in total. The van der Waals surface area contributed by atoms with E-state index in [1.54, 1.807) is 31.3 Å². The molecule has 7 heteroatoms. The molecular weight excluding hydrogens is 419 g/mol. The molecule has 3 aromatic rings. The number of halogens is 1. The van der Waals surface area contributed by atoms with E-state index in [-0.39, 0.29) is 12.5 Å². The van der Waals surface area contributed by atoms with Crippen molar-refractivity contribution in [2.45, 2.75) is 12.5 Å². The summed E-state index contributed by atoms with van der Waals surface area (Å²) in [6.07, 6.45) is 0.551. The Labute approximate surface area is 190 Å². The molecule has 2 heterocycles. The van der Waals surface area contributed by atoms with E-state index in [9.17, 15) is 9.18 Å². The number of amidine groups is 1. The third kappa shape index (κ3) is 3.66. The standard InChI is InChI=1S/C26H19FN4O2/c1-31-25(19-7-6-17-11-20(29)14-33-23(17)12-19)30-24(26(31)32)18-4-2-3-16(10-18)21-9-15(13-28)5-8-22(21)27/h2-10,12,24,29H,11,14H2,1H3. The summed E-state index contributed by atoms with van der Waals surface area (Å²) in [6, 6.07) is 18.1. The first kappa shape index (κ1) is 20.6. The van der Waals surface area contributed by atoms with Gasteiger partial charge in [-0.25, -0.2) is 9.38 Å². The molecule has 0 bridgehead atoms. The van der Waals surface area contributed by atoms with E-state index in [0.29, 0.717) is 46.0 Å². The monoisotopic (exact) mass is 438 g/mol. The van der Waals surface area contributed by atoms with Gasteiger partial charge in [0.2, 0.25) is 0 Å². The average molecular weight is 438 g/mol. The van der Waals surface area contributed by atoms with Gasteiger partial charge in [-0.15, -0.1) is 0 Å². The molecule has 2 aliphatic rings. The number of aliphatic imine (C=N–C) groups is 1. The Morgan fingerprint density at radius 1 is 1.15 bits per heavy atom. The zero-order valence-electron chi connectivity index (χ0n) is 17.8. The maximum atomic E-state index is 14.4. The van der Waals surface area contributed by atoms with Crippen molar-refractivity contribution in [3.63, 3.8) is 0 Å². The van der Waals surface area contributed by atoms with Crippen molar-refractivity contribution >= 4 is 17.5 Å². The Kier molecular flexibility index (Phi) is 4.98. The number of nitriles is 1. The van der Waals surface area contributed by atoms with Gasteiger partial charge >= 0.3 is 0 Å². The summed E-state index contributed by atoms with van der Waals surface area (Å²) < 4.78 is 20.1. The highest BCUT2D eigenvalue weighted by Gasteiger charge is 2.34. The van der Waals surface area contributed by atoms with Crippen LogP contribution in [0.5, 0.6) is 5.75 Å². The Morgan fingerprint density at radius 3 is 2.82 bits per heavy atom. The first-order valence-corrected chi connectivity index (χ1v) is 10.4. The molecule has 33 heavy (non-hydrogen) atoms.